The molecule has 0 bridgehead atoms. The Kier molecular flexibility index (Phi) is 4.74. The molecule has 2 amide bonds. The number of urea groups is 1. The summed E-state index contributed by atoms with van der Waals surface area (Å²) in [6, 6.07) is 0.953. The maximum atomic E-state index is 11.3. The Morgan fingerprint density at radius 2 is 2.19 bits per heavy atom. The third-order valence-corrected chi connectivity index (χ3v) is 2.57. The molecule has 0 aliphatic carbocycles. The number of nitrogens with one attached hydrogen (secondary N) is 2. The lowest BCUT2D eigenvalue weighted by Gasteiger charge is -2.05. The molecule has 0 aliphatic heterocycles. The summed E-state index contributed by atoms with van der Waals surface area (Å²) in [6.45, 7) is 0.343. The summed E-state index contributed by atoms with van der Waals surface area (Å²) in [6.07, 6.45) is 0.462. The van der Waals surface area contributed by atoms with E-state index < -0.39 is 12.0 Å². The van der Waals surface area contributed by atoms with Gasteiger partial charge in [0, 0.05) is 13.2 Å². The predicted molar refractivity (Wildman–Crippen MR) is 60.0 cm³/mol. The minimum absolute atomic E-state index is 0.000339. The van der Waals surface area contributed by atoms with E-state index in [0.717, 1.165) is 11.3 Å². The van der Waals surface area contributed by atoms with E-state index in [0.29, 0.717) is 18.0 Å². The number of hydrogen-bond donors (Lipinski definition) is 4. The molecule has 0 fully saturated rings. The summed E-state index contributed by atoms with van der Waals surface area (Å²) in [4.78, 5) is 22.0. The molecule has 1 heterocycles. The fourth-order valence-corrected chi connectivity index (χ4v) is 1.78. The number of carbonyl (C=O) groups excluding carboxylic acids is 1. The highest BCUT2D eigenvalue weighted by atomic mass is 32.1. The van der Waals surface area contributed by atoms with Crippen LogP contribution in [0.5, 0.6) is 0 Å². The van der Waals surface area contributed by atoms with E-state index in [1.54, 1.807) is 5.38 Å². The number of carboxylic acids is 1. The Morgan fingerprint density at radius 1 is 1.44 bits per heavy atom. The number of hydrogen-bond acceptors (Lipinski definition) is 4. The number of thiophene rings is 1. The summed E-state index contributed by atoms with van der Waals surface area (Å²) in [7, 11) is 0. The predicted octanol–water partition coefficient (Wildman–Crippen LogP) is 0.950. The van der Waals surface area contributed by atoms with Crippen molar-refractivity contribution in [2.24, 2.45) is 0 Å². The lowest BCUT2D eigenvalue weighted by Crippen LogP contribution is -2.30. The van der Waals surface area contributed by atoms with Gasteiger partial charge in [-0.3, -0.25) is 5.32 Å². The normalized spacial score (nSPS) is 9.81. The summed E-state index contributed by atoms with van der Waals surface area (Å²) >= 11 is 1.14. The average Bonchev–Trinajstić information content (AvgIpc) is 2.66. The van der Waals surface area contributed by atoms with Gasteiger partial charge in [-0.05, 0) is 17.9 Å². The molecule has 0 radical (unpaired) electrons. The molecule has 0 aliphatic rings. The van der Waals surface area contributed by atoms with Crippen molar-refractivity contribution < 1.29 is 19.8 Å². The Balaban J connectivity index is 2.49. The number of aliphatic hydroxyl groups is 1. The van der Waals surface area contributed by atoms with Crippen LogP contribution in [0.1, 0.15) is 16.8 Å². The standard InChI is InChI=1S/C9H12N2O4S/c12-4-1-3-10-9(15)11-7-6(8(13)14)2-5-16-7/h2,5,12H,1,3-4H2,(H,13,14)(H2,10,11,15). The fraction of sp³-hybridized carbons (Fsp3) is 0.333. The summed E-state index contributed by atoms with van der Waals surface area (Å²) < 4.78 is 0. The molecule has 88 valence electrons. The van der Waals surface area contributed by atoms with Gasteiger partial charge in [0.15, 0.2) is 0 Å². The molecule has 0 atom stereocenters. The Morgan fingerprint density at radius 3 is 2.81 bits per heavy atom. The molecular formula is C9H12N2O4S. The topological polar surface area (TPSA) is 98.7 Å². The van der Waals surface area contributed by atoms with Crippen molar-refractivity contribution in [2.45, 2.75) is 6.42 Å². The number of carboxylic acid groups (broad SMARTS) is 1. The van der Waals surface area contributed by atoms with Gasteiger partial charge in [0.2, 0.25) is 0 Å². The van der Waals surface area contributed by atoms with Crippen LogP contribution >= 0.6 is 11.3 Å². The quantitative estimate of drug-likeness (QED) is 0.579. The molecule has 0 saturated heterocycles. The Labute approximate surface area is 95.9 Å². The molecule has 0 spiro atoms. The molecule has 1 rings (SSSR count). The summed E-state index contributed by atoms with van der Waals surface area (Å²) in [5.41, 5.74) is 0.0716. The average molecular weight is 244 g/mol. The number of anilines is 1. The zero-order valence-electron chi connectivity index (χ0n) is 8.40. The number of aliphatic hydroxyl groups excluding tert-OH is 1. The molecule has 7 heteroatoms. The van der Waals surface area contributed by atoms with Crippen LogP contribution in [0.4, 0.5) is 9.80 Å². The Bertz CT molecular complexity index is 377. The second-order valence-corrected chi connectivity index (χ2v) is 3.84. The van der Waals surface area contributed by atoms with E-state index in [9.17, 15) is 9.59 Å². The van der Waals surface area contributed by atoms with Crippen molar-refractivity contribution in [3.63, 3.8) is 0 Å². The van der Waals surface area contributed by atoms with Crippen molar-refractivity contribution in [1.82, 2.24) is 5.32 Å². The lowest BCUT2D eigenvalue weighted by atomic mass is 10.3. The fourth-order valence-electron chi connectivity index (χ4n) is 1.00. The van der Waals surface area contributed by atoms with Crippen LogP contribution in [0, 0.1) is 0 Å². The highest BCUT2D eigenvalue weighted by molar-refractivity contribution is 7.14. The van der Waals surface area contributed by atoms with Crippen molar-refractivity contribution in [2.75, 3.05) is 18.5 Å². The number of aromatic carboxylic acids is 1. The molecular weight excluding hydrogens is 232 g/mol. The number of carbonyl (C=O) groups is 2. The van der Waals surface area contributed by atoms with Gasteiger partial charge in [0.1, 0.15) is 5.00 Å². The lowest BCUT2D eigenvalue weighted by molar-refractivity contribution is 0.0698. The van der Waals surface area contributed by atoms with E-state index in [1.165, 1.54) is 6.07 Å². The first-order valence-electron chi connectivity index (χ1n) is 4.61. The molecule has 16 heavy (non-hydrogen) atoms. The first-order valence-corrected chi connectivity index (χ1v) is 5.49. The van der Waals surface area contributed by atoms with Gasteiger partial charge < -0.3 is 15.5 Å². The molecule has 0 aromatic carbocycles. The maximum Gasteiger partial charge on any atom is 0.338 e. The Hall–Kier alpha value is -1.60. The van der Waals surface area contributed by atoms with Gasteiger partial charge >= 0.3 is 12.0 Å². The first kappa shape index (κ1) is 12.5. The first-order chi connectivity index (χ1) is 7.65. The van der Waals surface area contributed by atoms with E-state index in [1.807, 2.05) is 0 Å². The summed E-state index contributed by atoms with van der Waals surface area (Å²) in [5.74, 6) is -1.08. The second-order valence-electron chi connectivity index (χ2n) is 2.93. The van der Waals surface area contributed by atoms with Gasteiger partial charge in [-0.2, -0.15) is 0 Å². The summed E-state index contributed by atoms with van der Waals surface area (Å²) in [5, 5.41) is 24.1. The van der Waals surface area contributed by atoms with Crippen molar-refractivity contribution in [1.29, 1.82) is 0 Å². The van der Waals surface area contributed by atoms with E-state index >= 15 is 0 Å². The number of amides is 2. The van der Waals surface area contributed by atoms with Crippen molar-refractivity contribution in [3.05, 3.63) is 17.0 Å². The highest BCUT2D eigenvalue weighted by Gasteiger charge is 2.13. The zero-order chi connectivity index (χ0) is 12.0. The minimum Gasteiger partial charge on any atom is -0.478 e. The van der Waals surface area contributed by atoms with Gasteiger partial charge in [0.05, 0.1) is 5.56 Å². The van der Waals surface area contributed by atoms with Gasteiger partial charge in [-0.1, -0.05) is 0 Å². The van der Waals surface area contributed by atoms with Gasteiger partial charge in [-0.15, -0.1) is 11.3 Å². The second kappa shape index (κ2) is 6.09. The van der Waals surface area contributed by atoms with Crippen molar-refractivity contribution >= 4 is 28.3 Å². The molecule has 0 unspecified atom stereocenters. The molecule has 1 aromatic heterocycles. The third-order valence-electron chi connectivity index (χ3n) is 1.74. The largest absolute Gasteiger partial charge is 0.478 e. The maximum absolute atomic E-state index is 11.3. The molecule has 0 saturated carbocycles. The van der Waals surface area contributed by atoms with Crippen LogP contribution in [0.25, 0.3) is 0 Å². The van der Waals surface area contributed by atoms with Crippen LogP contribution in [-0.4, -0.2) is 35.4 Å². The van der Waals surface area contributed by atoms with Gasteiger partial charge in [0.25, 0.3) is 0 Å². The van der Waals surface area contributed by atoms with Crippen molar-refractivity contribution in [3.8, 4) is 0 Å². The van der Waals surface area contributed by atoms with Crippen LogP contribution < -0.4 is 10.6 Å². The molecule has 4 N–H and O–H groups in total. The van der Waals surface area contributed by atoms with E-state index in [2.05, 4.69) is 10.6 Å². The van der Waals surface area contributed by atoms with E-state index in [-0.39, 0.29) is 12.2 Å². The third kappa shape index (κ3) is 3.52. The zero-order valence-corrected chi connectivity index (χ0v) is 9.21. The monoisotopic (exact) mass is 244 g/mol. The van der Waals surface area contributed by atoms with Gasteiger partial charge in [-0.25, -0.2) is 9.59 Å². The van der Waals surface area contributed by atoms with Crippen LogP contribution in [0.15, 0.2) is 11.4 Å². The van der Waals surface area contributed by atoms with Crippen LogP contribution in [0.2, 0.25) is 0 Å². The minimum atomic E-state index is -1.08. The van der Waals surface area contributed by atoms with Crippen LogP contribution in [-0.2, 0) is 0 Å². The molecule has 6 nitrogen and oxygen atoms in total. The SMILES string of the molecule is O=C(NCCCO)Nc1sccc1C(=O)O. The van der Waals surface area contributed by atoms with E-state index in [4.69, 9.17) is 10.2 Å². The molecule has 1 aromatic rings. The van der Waals surface area contributed by atoms with Crippen LogP contribution in [0.3, 0.4) is 0 Å². The highest BCUT2D eigenvalue weighted by Crippen LogP contribution is 2.22. The smallest absolute Gasteiger partial charge is 0.338 e. The number of rotatable bonds is 5.